The first kappa shape index (κ1) is 26.7. The summed E-state index contributed by atoms with van der Waals surface area (Å²) in [6.07, 6.45) is -0.709. The molecule has 5 rings (SSSR count). The van der Waals surface area contributed by atoms with Crippen LogP contribution < -0.4 is 5.32 Å². The molecule has 0 saturated heterocycles. The second-order valence-electron chi connectivity index (χ2n) is 9.09. The summed E-state index contributed by atoms with van der Waals surface area (Å²) >= 11 is 6.24. The van der Waals surface area contributed by atoms with E-state index >= 15 is 0 Å². The Morgan fingerprint density at radius 1 is 1.19 bits per heavy atom. The summed E-state index contributed by atoms with van der Waals surface area (Å²) in [6.45, 7) is 4.97. The van der Waals surface area contributed by atoms with Crippen molar-refractivity contribution in [1.29, 1.82) is 0 Å². The molecule has 0 aliphatic carbocycles. The van der Waals surface area contributed by atoms with E-state index in [1.807, 2.05) is 29.8 Å². The monoisotopic (exact) mass is 533 g/mol. The normalized spacial score (nSPS) is 17.5. The van der Waals surface area contributed by atoms with E-state index < -0.39 is 12.1 Å². The molecule has 0 fully saturated rings. The molecular formula is C26H27ClF3N5O2. The van der Waals surface area contributed by atoms with E-state index in [9.17, 15) is 13.2 Å². The van der Waals surface area contributed by atoms with Gasteiger partial charge in [-0.2, -0.15) is 13.2 Å². The number of carboxylic acids is 1. The predicted octanol–water partition coefficient (Wildman–Crippen LogP) is 5.82. The van der Waals surface area contributed by atoms with Crippen LogP contribution >= 0.6 is 11.6 Å². The predicted molar refractivity (Wildman–Crippen MR) is 136 cm³/mol. The molecule has 1 unspecified atom stereocenters. The summed E-state index contributed by atoms with van der Waals surface area (Å²) in [5, 5.41) is 20.3. The SMILES string of the molecule is Cc1nnn2c1-c1ccc(C3=CCN(C)CC3)cc1C(Nc1cccc(Cl)c1)CC2.O=C(O)C(F)(F)F. The summed E-state index contributed by atoms with van der Waals surface area (Å²) in [4.78, 5) is 11.2. The maximum atomic E-state index is 10.6. The van der Waals surface area contributed by atoms with Gasteiger partial charge < -0.3 is 15.3 Å². The minimum Gasteiger partial charge on any atom is -0.475 e. The fourth-order valence-corrected chi connectivity index (χ4v) is 4.72. The maximum absolute atomic E-state index is 10.6. The van der Waals surface area contributed by atoms with Crippen molar-refractivity contribution < 1.29 is 23.1 Å². The molecule has 0 bridgehead atoms. The minimum absolute atomic E-state index is 0.173. The molecule has 2 aliphatic rings. The number of carbonyl (C=O) groups is 1. The number of likely N-dealkylation sites (N-methyl/N-ethyl adjacent to an activating group) is 1. The number of aromatic nitrogens is 3. The number of aryl methyl sites for hydroxylation is 2. The number of nitrogens with zero attached hydrogens (tertiary/aromatic N) is 4. The number of carboxylic acid groups (broad SMARTS) is 1. The largest absolute Gasteiger partial charge is 0.490 e. The Labute approximate surface area is 217 Å². The van der Waals surface area contributed by atoms with Crippen molar-refractivity contribution in [3.63, 3.8) is 0 Å². The van der Waals surface area contributed by atoms with Crippen LogP contribution in [0.25, 0.3) is 16.8 Å². The Hall–Kier alpha value is -3.37. The Kier molecular flexibility index (Phi) is 7.89. The summed E-state index contributed by atoms with van der Waals surface area (Å²) < 4.78 is 33.8. The number of benzene rings is 2. The minimum atomic E-state index is -5.08. The van der Waals surface area contributed by atoms with Crippen LogP contribution in [0.4, 0.5) is 18.9 Å². The van der Waals surface area contributed by atoms with Crippen LogP contribution in [0.3, 0.4) is 0 Å². The van der Waals surface area contributed by atoms with Gasteiger partial charge in [0.15, 0.2) is 0 Å². The van der Waals surface area contributed by atoms with Gasteiger partial charge in [-0.25, -0.2) is 9.48 Å². The third kappa shape index (κ3) is 6.31. The van der Waals surface area contributed by atoms with Gasteiger partial charge in [0.05, 0.1) is 17.4 Å². The van der Waals surface area contributed by atoms with Gasteiger partial charge >= 0.3 is 12.1 Å². The number of hydrogen-bond donors (Lipinski definition) is 2. The average Bonchev–Trinajstić information content (AvgIpc) is 3.14. The van der Waals surface area contributed by atoms with Gasteiger partial charge in [-0.1, -0.05) is 41.1 Å². The molecule has 2 aliphatic heterocycles. The van der Waals surface area contributed by atoms with Crippen LogP contribution in [-0.2, 0) is 11.3 Å². The molecule has 0 amide bonds. The van der Waals surface area contributed by atoms with Crippen LogP contribution in [0.15, 0.2) is 48.5 Å². The number of alkyl halides is 3. The van der Waals surface area contributed by atoms with Crippen molar-refractivity contribution in [2.75, 3.05) is 25.5 Å². The molecule has 2 N–H and O–H groups in total. The number of halogens is 4. The molecule has 0 spiro atoms. The first-order chi connectivity index (χ1) is 17.5. The first-order valence-corrected chi connectivity index (χ1v) is 12.2. The number of fused-ring (bicyclic) bond motifs is 3. The molecule has 3 aromatic rings. The zero-order chi connectivity index (χ0) is 26.7. The molecule has 11 heteroatoms. The fraction of sp³-hybridized carbons (Fsp3) is 0.346. The van der Waals surface area contributed by atoms with Crippen LogP contribution in [0.2, 0.25) is 5.02 Å². The number of rotatable bonds is 3. The van der Waals surface area contributed by atoms with Crippen molar-refractivity contribution in [1.82, 2.24) is 19.9 Å². The molecule has 0 saturated carbocycles. The van der Waals surface area contributed by atoms with Gasteiger partial charge in [0, 0.05) is 35.9 Å². The quantitative estimate of drug-likeness (QED) is 0.442. The Morgan fingerprint density at radius 3 is 2.59 bits per heavy atom. The number of aliphatic carboxylic acids is 1. The highest BCUT2D eigenvalue weighted by atomic mass is 35.5. The highest BCUT2D eigenvalue weighted by Crippen LogP contribution is 2.39. The highest BCUT2D eigenvalue weighted by molar-refractivity contribution is 6.30. The Balaban J connectivity index is 0.000000405. The fourth-order valence-electron chi connectivity index (χ4n) is 4.53. The molecule has 37 heavy (non-hydrogen) atoms. The van der Waals surface area contributed by atoms with Crippen LogP contribution in [-0.4, -0.2) is 57.3 Å². The zero-order valence-corrected chi connectivity index (χ0v) is 21.1. The first-order valence-electron chi connectivity index (χ1n) is 11.8. The van der Waals surface area contributed by atoms with Crippen LogP contribution in [0.1, 0.15) is 35.7 Å². The van der Waals surface area contributed by atoms with Crippen molar-refractivity contribution in [2.24, 2.45) is 0 Å². The van der Waals surface area contributed by atoms with E-state index in [1.165, 1.54) is 22.3 Å². The molecule has 0 radical (unpaired) electrons. The van der Waals surface area contributed by atoms with E-state index in [0.717, 1.165) is 54.6 Å². The molecule has 2 aromatic carbocycles. The lowest BCUT2D eigenvalue weighted by Gasteiger charge is -2.24. The van der Waals surface area contributed by atoms with Gasteiger partial charge in [-0.3, -0.25) is 0 Å². The van der Waals surface area contributed by atoms with E-state index in [4.69, 9.17) is 21.5 Å². The highest BCUT2D eigenvalue weighted by Gasteiger charge is 2.38. The third-order valence-electron chi connectivity index (χ3n) is 6.41. The van der Waals surface area contributed by atoms with Crippen LogP contribution in [0.5, 0.6) is 0 Å². The summed E-state index contributed by atoms with van der Waals surface area (Å²) in [5.41, 5.74) is 8.42. The van der Waals surface area contributed by atoms with Gasteiger partial charge in [0.1, 0.15) is 0 Å². The lowest BCUT2D eigenvalue weighted by atomic mass is 9.90. The molecule has 1 aromatic heterocycles. The number of hydrogen-bond acceptors (Lipinski definition) is 5. The lowest BCUT2D eigenvalue weighted by Crippen LogP contribution is -2.23. The molecule has 3 heterocycles. The van der Waals surface area contributed by atoms with Gasteiger partial charge in [-0.15, -0.1) is 5.10 Å². The Bertz CT molecular complexity index is 1320. The number of anilines is 1. The standard InChI is InChI=1S/C24H26ClN5.C2HF3O2/c1-16-24-21-7-6-18(17-8-11-29(2)12-9-17)14-22(21)23(10-13-30(24)28-27-16)26-20-5-3-4-19(25)15-20;3-2(4,5)1(6)7/h3-8,14-15,23,26H,9-13H2,1-2H3;(H,6,7). The zero-order valence-electron chi connectivity index (χ0n) is 20.4. The van der Waals surface area contributed by atoms with Gasteiger partial charge in [0.2, 0.25) is 0 Å². The van der Waals surface area contributed by atoms with Gasteiger partial charge in [-0.05, 0) is 67.8 Å². The molecular weight excluding hydrogens is 507 g/mol. The summed E-state index contributed by atoms with van der Waals surface area (Å²) in [6, 6.07) is 15.0. The van der Waals surface area contributed by atoms with Crippen molar-refractivity contribution in [3.05, 3.63) is 70.4 Å². The summed E-state index contributed by atoms with van der Waals surface area (Å²) in [5.74, 6) is -2.76. The summed E-state index contributed by atoms with van der Waals surface area (Å²) in [7, 11) is 2.17. The smallest absolute Gasteiger partial charge is 0.475 e. The maximum Gasteiger partial charge on any atom is 0.490 e. The second-order valence-corrected chi connectivity index (χ2v) is 9.53. The Morgan fingerprint density at radius 2 is 1.95 bits per heavy atom. The topological polar surface area (TPSA) is 83.3 Å². The second kappa shape index (κ2) is 10.9. The van der Waals surface area contributed by atoms with E-state index in [1.54, 1.807) is 0 Å². The van der Waals surface area contributed by atoms with Crippen molar-refractivity contribution in [3.8, 4) is 11.3 Å². The average molecular weight is 534 g/mol. The van der Waals surface area contributed by atoms with E-state index in [-0.39, 0.29) is 6.04 Å². The van der Waals surface area contributed by atoms with Gasteiger partial charge in [0.25, 0.3) is 0 Å². The molecule has 196 valence electrons. The van der Waals surface area contributed by atoms with Crippen molar-refractivity contribution in [2.45, 2.75) is 38.5 Å². The molecule has 7 nitrogen and oxygen atoms in total. The third-order valence-corrected chi connectivity index (χ3v) is 6.64. The molecule has 1 atom stereocenters. The lowest BCUT2D eigenvalue weighted by molar-refractivity contribution is -0.192. The van der Waals surface area contributed by atoms with Crippen molar-refractivity contribution >= 4 is 28.8 Å². The van der Waals surface area contributed by atoms with E-state index in [2.05, 4.69) is 57.9 Å². The number of nitrogens with one attached hydrogen (secondary N) is 1. The van der Waals surface area contributed by atoms with E-state index in [0.29, 0.717) is 0 Å². The van der Waals surface area contributed by atoms with Crippen LogP contribution in [0, 0.1) is 6.92 Å².